The van der Waals surface area contributed by atoms with Crippen LogP contribution in [-0.4, -0.2) is 37.6 Å². The lowest BCUT2D eigenvalue weighted by atomic mass is 9.72. The van der Waals surface area contributed by atoms with Gasteiger partial charge in [0, 0.05) is 23.3 Å². The van der Waals surface area contributed by atoms with Crippen molar-refractivity contribution in [3.05, 3.63) is 63.5 Å². The first-order chi connectivity index (χ1) is 14.0. The van der Waals surface area contributed by atoms with Crippen LogP contribution in [0.5, 0.6) is 17.2 Å². The average Bonchev–Trinajstić information content (AvgIpc) is 3.05. The van der Waals surface area contributed by atoms with Gasteiger partial charge in [-0.05, 0) is 17.9 Å². The Morgan fingerprint density at radius 1 is 1.14 bits per heavy atom. The van der Waals surface area contributed by atoms with E-state index in [0.717, 1.165) is 5.56 Å². The quantitative estimate of drug-likeness (QED) is 0.702. The SMILES string of the molecule is COc1cc(OC)c2c(c1Cl)O[C@]1(C2=O)C(SC)=CC(=O)C[C@H]1c1ccccc1. The Morgan fingerprint density at radius 3 is 2.45 bits per heavy atom. The number of allylic oxidation sites excluding steroid dienone is 1. The Hall–Kier alpha value is -2.44. The molecule has 1 spiro atoms. The first kappa shape index (κ1) is 19.9. The van der Waals surface area contributed by atoms with Gasteiger partial charge in [-0.2, -0.15) is 0 Å². The summed E-state index contributed by atoms with van der Waals surface area (Å²) in [5, 5.41) is 0.206. The molecule has 0 radical (unpaired) electrons. The van der Waals surface area contributed by atoms with Gasteiger partial charge in [0.25, 0.3) is 0 Å². The van der Waals surface area contributed by atoms with Crippen LogP contribution in [-0.2, 0) is 4.79 Å². The van der Waals surface area contributed by atoms with Crippen molar-refractivity contribution >= 4 is 34.9 Å². The maximum atomic E-state index is 13.9. The zero-order chi connectivity index (χ0) is 20.8. The van der Waals surface area contributed by atoms with Gasteiger partial charge in [0.15, 0.2) is 11.5 Å². The number of halogens is 1. The Labute approximate surface area is 178 Å². The van der Waals surface area contributed by atoms with Crippen LogP contribution in [0.3, 0.4) is 0 Å². The fourth-order valence-corrected chi connectivity index (χ4v) is 5.16. The smallest absolute Gasteiger partial charge is 0.219 e. The van der Waals surface area contributed by atoms with Crippen LogP contribution < -0.4 is 14.2 Å². The van der Waals surface area contributed by atoms with Crippen molar-refractivity contribution in [3.8, 4) is 17.2 Å². The molecule has 4 rings (SSSR count). The minimum Gasteiger partial charge on any atom is -0.496 e. The predicted octanol–water partition coefficient (Wildman–Crippen LogP) is 4.67. The number of carbonyl (C=O) groups excluding carboxylic acids is 2. The number of hydrogen-bond donors (Lipinski definition) is 0. The van der Waals surface area contributed by atoms with Gasteiger partial charge in [-0.25, -0.2) is 0 Å². The number of thioether (sulfide) groups is 1. The Balaban J connectivity index is 1.99. The second-order valence-electron chi connectivity index (χ2n) is 6.81. The number of carbonyl (C=O) groups is 2. The maximum Gasteiger partial charge on any atom is 0.219 e. The van der Waals surface area contributed by atoms with E-state index < -0.39 is 11.5 Å². The maximum absolute atomic E-state index is 13.9. The molecule has 1 heterocycles. The lowest BCUT2D eigenvalue weighted by Crippen LogP contribution is -2.50. The summed E-state index contributed by atoms with van der Waals surface area (Å²) in [6.07, 6.45) is 3.49. The summed E-state index contributed by atoms with van der Waals surface area (Å²) in [5.74, 6) is 0.100. The molecule has 150 valence electrons. The first-order valence-electron chi connectivity index (χ1n) is 9.00. The molecule has 5 nitrogen and oxygen atoms in total. The molecule has 2 aromatic carbocycles. The van der Waals surface area contributed by atoms with E-state index in [1.165, 1.54) is 32.1 Å². The second-order valence-corrected chi connectivity index (χ2v) is 8.04. The van der Waals surface area contributed by atoms with E-state index in [2.05, 4.69) is 0 Å². The van der Waals surface area contributed by atoms with Gasteiger partial charge in [-0.3, -0.25) is 9.59 Å². The third-order valence-corrected chi connectivity index (χ3v) is 6.61. The molecule has 0 saturated heterocycles. The van der Waals surface area contributed by atoms with Gasteiger partial charge in [-0.15, -0.1) is 11.8 Å². The molecule has 0 saturated carbocycles. The van der Waals surface area contributed by atoms with Crippen molar-refractivity contribution in [1.82, 2.24) is 0 Å². The number of Topliss-reactive ketones (excluding diaryl/α,β-unsaturated/α-hetero) is 1. The molecular weight excluding hydrogens is 412 g/mol. The van der Waals surface area contributed by atoms with Crippen LogP contribution in [0.2, 0.25) is 5.02 Å². The van der Waals surface area contributed by atoms with Gasteiger partial charge >= 0.3 is 0 Å². The minimum absolute atomic E-state index is 0.0446. The number of methoxy groups -OCH3 is 2. The van der Waals surface area contributed by atoms with Crippen LogP contribution in [0.15, 0.2) is 47.4 Å². The number of fused-ring (bicyclic) bond motifs is 1. The summed E-state index contributed by atoms with van der Waals surface area (Å²) in [5.41, 5.74) is -0.252. The lowest BCUT2D eigenvalue weighted by molar-refractivity contribution is -0.116. The van der Waals surface area contributed by atoms with E-state index in [9.17, 15) is 9.59 Å². The molecule has 0 aromatic heterocycles. The molecular formula is C22H19ClO5S. The van der Waals surface area contributed by atoms with Gasteiger partial charge in [0.1, 0.15) is 22.1 Å². The summed E-state index contributed by atoms with van der Waals surface area (Å²) < 4.78 is 17.2. The molecule has 0 N–H and O–H groups in total. The number of hydrogen-bond acceptors (Lipinski definition) is 6. The molecule has 7 heteroatoms. The molecule has 2 aliphatic rings. The summed E-state index contributed by atoms with van der Waals surface area (Å²) in [6.45, 7) is 0. The van der Waals surface area contributed by atoms with E-state index in [1.807, 2.05) is 36.6 Å². The standard InChI is InChI=1S/C22H19ClO5S/c1-26-15-11-16(27-2)19(23)20-18(15)21(25)22(28-20)14(12-7-5-4-6-8-12)9-13(24)10-17(22)29-3/h4-8,10-11,14H,9H2,1-3H3/t14-,22-/m0/s1. The summed E-state index contributed by atoms with van der Waals surface area (Å²) in [7, 11) is 2.96. The number of rotatable bonds is 4. The zero-order valence-corrected chi connectivity index (χ0v) is 17.7. The lowest BCUT2D eigenvalue weighted by Gasteiger charge is -2.39. The normalized spacial score (nSPS) is 22.9. The zero-order valence-electron chi connectivity index (χ0n) is 16.2. The van der Waals surface area contributed by atoms with E-state index >= 15 is 0 Å². The van der Waals surface area contributed by atoms with Crippen molar-refractivity contribution in [2.45, 2.75) is 17.9 Å². The average molecular weight is 431 g/mol. The fraction of sp³-hybridized carbons (Fsp3) is 0.273. The highest BCUT2D eigenvalue weighted by molar-refractivity contribution is 8.02. The molecule has 0 unspecified atom stereocenters. The van der Waals surface area contributed by atoms with Crippen LogP contribution in [0.4, 0.5) is 0 Å². The van der Waals surface area contributed by atoms with Crippen LogP contribution >= 0.6 is 23.4 Å². The number of ether oxygens (including phenoxy) is 3. The van der Waals surface area contributed by atoms with Crippen molar-refractivity contribution < 1.29 is 23.8 Å². The summed E-state index contributed by atoms with van der Waals surface area (Å²) in [4.78, 5) is 27.0. The molecule has 2 aromatic rings. The van der Waals surface area contributed by atoms with Crippen molar-refractivity contribution in [1.29, 1.82) is 0 Å². The van der Waals surface area contributed by atoms with Crippen LogP contribution in [0.1, 0.15) is 28.3 Å². The van der Waals surface area contributed by atoms with E-state index in [0.29, 0.717) is 16.4 Å². The monoisotopic (exact) mass is 430 g/mol. The Bertz CT molecular complexity index is 1030. The van der Waals surface area contributed by atoms with Crippen molar-refractivity contribution in [2.75, 3.05) is 20.5 Å². The summed E-state index contributed by atoms with van der Waals surface area (Å²) >= 11 is 7.84. The third-order valence-electron chi connectivity index (χ3n) is 5.39. The minimum atomic E-state index is -1.37. The molecule has 29 heavy (non-hydrogen) atoms. The van der Waals surface area contributed by atoms with Gasteiger partial charge in [-0.1, -0.05) is 41.9 Å². The Morgan fingerprint density at radius 2 is 1.83 bits per heavy atom. The second kappa shape index (κ2) is 7.43. The van der Waals surface area contributed by atoms with E-state index in [4.69, 9.17) is 25.8 Å². The first-order valence-corrected chi connectivity index (χ1v) is 10.6. The fourth-order valence-electron chi connectivity index (χ4n) is 4.07. The number of ketones is 2. The van der Waals surface area contributed by atoms with Crippen molar-refractivity contribution in [2.24, 2.45) is 0 Å². The largest absolute Gasteiger partial charge is 0.496 e. The molecule has 2 atom stereocenters. The van der Waals surface area contributed by atoms with Crippen LogP contribution in [0.25, 0.3) is 0 Å². The molecule has 0 fully saturated rings. The van der Waals surface area contributed by atoms with Crippen LogP contribution in [0, 0.1) is 0 Å². The summed E-state index contributed by atoms with van der Waals surface area (Å²) in [6, 6.07) is 11.0. The highest BCUT2D eigenvalue weighted by Gasteiger charge is 2.60. The number of benzene rings is 2. The van der Waals surface area contributed by atoms with Gasteiger partial charge < -0.3 is 14.2 Å². The highest BCUT2D eigenvalue weighted by Crippen LogP contribution is 2.57. The van der Waals surface area contributed by atoms with E-state index in [1.54, 1.807) is 6.07 Å². The molecule has 1 aliphatic carbocycles. The molecule has 0 amide bonds. The van der Waals surface area contributed by atoms with E-state index in [-0.39, 0.29) is 34.3 Å². The predicted molar refractivity (Wildman–Crippen MR) is 113 cm³/mol. The van der Waals surface area contributed by atoms with Gasteiger partial charge in [0.2, 0.25) is 11.4 Å². The van der Waals surface area contributed by atoms with Gasteiger partial charge in [0.05, 0.1) is 14.2 Å². The molecule has 0 bridgehead atoms. The van der Waals surface area contributed by atoms with Crippen molar-refractivity contribution in [3.63, 3.8) is 0 Å². The topological polar surface area (TPSA) is 61.8 Å². The highest BCUT2D eigenvalue weighted by atomic mass is 35.5. The third kappa shape index (κ3) is 2.85. The molecule has 1 aliphatic heterocycles. The Kier molecular flexibility index (Phi) is 5.09.